The van der Waals surface area contributed by atoms with E-state index < -0.39 is 0 Å². The van der Waals surface area contributed by atoms with Crippen LogP contribution in [0.25, 0.3) is 0 Å². The lowest BCUT2D eigenvalue weighted by molar-refractivity contribution is 0.0938. The topological polar surface area (TPSA) is 54.0 Å². The second-order valence-electron chi connectivity index (χ2n) is 4.99. The van der Waals surface area contributed by atoms with Crippen molar-refractivity contribution in [2.45, 2.75) is 44.4 Å². The fraction of sp³-hybridized carbons (Fsp3) is 0.600. The molecule has 4 nitrogen and oxygen atoms in total. The number of thioether (sulfide) groups is 1. The van der Waals surface area contributed by atoms with Crippen LogP contribution in [0.4, 0.5) is 5.82 Å². The molecule has 1 aliphatic carbocycles. The van der Waals surface area contributed by atoms with Gasteiger partial charge in [0, 0.05) is 24.0 Å². The summed E-state index contributed by atoms with van der Waals surface area (Å²) in [6.07, 6.45) is 5.08. The van der Waals surface area contributed by atoms with Crippen LogP contribution in [0, 0.1) is 0 Å². The Labute approximate surface area is 125 Å². The number of carbonyl (C=O) groups excluding carboxylic acids is 1. The van der Waals surface area contributed by atoms with E-state index in [1.54, 1.807) is 12.3 Å². The molecule has 5 heteroatoms. The zero-order valence-corrected chi connectivity index (χ0v) is 13.0. The van der Waals surface area contributed by atoms with Gasteiger partial charge in [-0.1, -0.05) is 6.92 Å². The molecule has 0 bridgehead atoms. The number of amides is 1. The van der Waals surface area contributed by atoms with Gasteiger partial charge in [-0.2, -0.15) is 11.8 Å². The third kappa shape index (κ3) is 3.88. The minimum absolute atomic E-state index is 0.0128. The first-order chi connectivity index (χ1) is 9.74. The summed E-state index contributed by atoms with van der Waals surface area (Å²) < 4.78 is 0. The maximum atomic E-state index is 12.4. The molecule has 2 N–H and O–H groups in total. The molecule has 20 heavy (non-hydrogen) atoms. The molecule has 0 aromatic carbocycles. The number of hydrogen-bond acceptors (Lipinski definition) is 4. The largest absolute Gasteiger partial charge is 0.370 e. The molecule has 1 aromatic heterocycles. The normalized spacial score (nSPS) is 21.7. The Morgan fingerprint density at radius 3 is 3.05 bits per heavy atom. The quantitative estimate of drug-likeness (QED) is 0.847. The van der Waals surface area contributed by atoms with E-state index in [1.807, 2.05) is 24.8 Å². The fourth-order valence-corrected chi connectivity index (χ4v) is 3.76. The van der Waals surface area contributed by atoms with E-state index in [2.05, 4.69) is 22.5 Å². The van der Waals surface area contributed by atoms with Crippen molar-refractivity contribution < 1.29 is 4.79 Å². The van der Waals surface area contributed by atoms with Crippen molar-refractivity contribution in [3.05, 3.63) is 23.9 Å². The van der Waals surface area contributed by atoms with Gasteiger partial charge in [-0.25, -0.2) is 4.98 Å². The monoisotopic (exact) mass is 293 g/mol. The van der Waals surface area contributed by atoms with Crippen molar-refractivity contribution in [2.24, 2.45) is 0 Å². The van der Waals surface area contributed by atoms with E-state index in [1.165, 1.54) is 6.42 Å². The summed E-state index contributed by atoms with van der Waals surface area (Å²) in [4.78, 5) is 16.6. The molecule has 0 spiro atoms. The molecular formula is C15H23N3OS. The van der Waals surface area contributed by atoms with E-state index in [-0.39, 0.29) is 5.91 Å². The van der Waals surface area contributed by atoms with E-state index >= 15 is 0 Å². The second kappa shape index (κ2) is 7.53. The Hall–Kier alpha value is -1.23. The number of nitrogens with one attached hydrogen (secondary N) is 2. The first kappa shape index (κ1) is 15.2. The Balaban J connectivity index is 1.95. The lowest BCUT2D eigenvalue weighted by Gasteiger charge is -2.15. The van der Waals surface area contributed by atoms with Crippen molar-refractivity contribution >= 4 is 23.5 Å². The van der Waals surface area contributed by atoms with Crippen LogP contribution >= 0.6 is 11.8 Å². The molecular weight excluding hydrogens is 270 g/mol. The molecule has 0 radical (unpaired) electrons. The maximum Gasteiger partial charge on any atom is 0.255 e. The predicted molar refractivity (Wildman–Crippen MR) is 85.4 cm³/mol. The van der Waals surface area contributed by atoms with Crippen LogP contribution < -0.4 is 10.6 Å². The number of pyridine rings is 1. The highest BCUT2D eigenvalue weighted by molar-refractivity contribution is 7.99. The Kier molecular flexibility index (Phi) is 5.71. The third-order valence-corrected chi connectivity index (χ3v) is 4.75. The molecule has 2 atom stereocenters. The SMILES string of the molecule is CCNc1ncccc1C(=O)NC1CCC(SCC)C1. The Bertz CT molecular complexity index is 452. The molecule has 1 fully saturated rings. The highest BCUT2D eigenvalue weighted by Gasteiger charge is 2.26. The van der Waals surface area contributed by atoms with Crippen LogP contribution in [-0.4, -0.2) is 34.5 Å². The van der Waals surface area contributed by atoms with Crippen LogP contribution in [0.1, 0.15) is 43.5 Å². The van der Waals surface area contributed by atoms with Crippen molar-refractivity contribution in [1.82, 2.24) is 10.3 Å². The van der Waals surface area contributed by atoms with Gasteiger partial charge in [-0.15, -0.1) is 0 Å². The van der Waals surface area contributed by atoms with Crippen molar-refractivity contribution in [2.75, 3.05) is 17.6 Å². The summed E-state index contributed by atoms with van der Waals surface area (Å²) in [7, 11) is 0. The maximum absolute atomic E-state index is 12.4. The minimum atomic E-state index is -0.0128. The molecule has 0 saturated heterocycles. The van der Waals surface area contributed by atoms with Crippen LogP contribution in [0.15, 0.2) is 18.3 Å². The fourth-order valence-electron chi connectivity index (χ4n) is 2.62. The van der Waals surface area contributed by atoms with E-state index in [9.17, 15) is 4.79 Å². The molecule has 2 rings (SSSR count). The second-order valence-corrected chi connectivity index (χ2v) is 6.57. The van der Waals surface area contributed by atoms with Gasteiger partial charge in [0.1, 0.15) is 5.82 Å². The number of carbonyl (C=O) groups is 1. The molecule has 2 unspecified atom stereocenters. The van der Waals surface area contributed by atoms with Crippen molar-refractivity contribution in [1.29, 1.82) is 0 Å². The van der Waals surface area contributed by atoms with Gasteiger partial charge in [-0.05, 0) is 44.1 Å². The summed E-state index contributed by atoms with van der Waals surface area (Å²) in [6.45, 7) is 4.95. The average molecular weight is 293 g/mol. The van der Waals surface area contributed by atoms with Gasteiger partial charge in [0.05, 0.1) is 5.56 Å². The first-order valence-corrected chi connectivity index (χ1v) is 8.40. The zero-order chi connectivity index (χ0) is 14.4. The van der Waals surface area contributed by atoms with Gasteiger partial charge >= 0.3 is 0 Å². The average Bonchev–Trinajstić information content (AvgIpc) is 2.87. The molecule has 1 aliphatic rings. The smallest absolute Gasteiger partial charge is 0.255 e. The zero-order valence-electron chi connectivity index (χ0n) is 12.2. The number of hydrogen-bond donors (Lipinski definition) is 2. The number of nitrogens with zero attached hydrogens (tertiary/aromatic N) is 1. The van der Waals surface area contributed by atoms with Crippen molar-refractivity contribution in [3.8, 4) is 0 Å². The molecule has 1 saturated carbocycles. The lowest BCUT2D eigenvalue weighted by Crippen LogP contribution is -2.33. The summed E-state index contributed by atoms with van der Waals surface area (Å²) in [6, 6.07) is 3.94. The van der Waals surface area contributed by atoms with Crippen LogP contribution in [0.2, 0.25) is 0 Å². The number of rotatable bonds is 6. The van der Waals surface area contributed by atoms with Gasteiger partial charge < -0.3 is 10.6 Å². The Morgan fingerprint density at radius 1 is 1.45 bits per heavy atom. The van der Waals surface area contributed by atoms with Crippen LogP contribution in [-0.2, 0) is 0 Å². The first-order valence-electron chi connectivity index (χ1n) is 7.36. The van der Waals surface area contributed by atoms with E-state index in [4.69, 9.17) is 0 Å². The van der Waals surface area contributed by atoms with Gasteiger partial charge in [0.2, 0.25) is 0 Å². The Morgan fingerprint density at radius 2 is 2.30 bits per heavy atom. The summed E-state index contributed by atoms with van der Waals surface area (Å²) in [5.41, 5.74) is 0.640. The predicted octanol–water partition coefficient (Wildman–Crippen LogP) is 2.92. The van der Waals surface area contributed by atoms with Crippen molar-refractivity contribution in [3.63, 3.8) is 0 Å². The third-order valence-electron chi connectivity index (χ3n) is 3.52. The van der Waals surface area contributed by atoms with Crippen LogP contribution in [0.5, 0.6) is 0 Å². The number of anilines is 1. The summed E-state index contributed by atoms with van der Waals surface area (Å²) >= 11 is 2.00. The summed E-state index contributed by atoms with van der Waals surface area (Å²) in [5.74, 6) is 1.81. The standard InChI is InChI=1S/C15H23N3OS/c1-3-16-14-13(6-5-9-17-14)15(19)18-11-7-8-12(10-11)20-4-2/h5-6,9,11-12H,3-4,7-8,10H2,1-2H3,(H,16,17)(H,18,19). The lowest BCUT2D eigenvalue weighted by atomic mass is 10.2. The molecule has 1 amide bonds. The highest BCUT2D eigenvalue weighted by Crippen LogP contribution is 2.30. The summed E-state index contributed by atoms with van der Waals surface area (Å²) in [5, 5.41) is 6.99. The molecule has 1 heterocycles. The minimum Gasteiger partial charge on any atom is -0.370 e. The van der Waals surface area contributed by atoms with Gasteiger partial charge in [0.15, 0.2) is 0 Å². The highest BCUT2D eigenvalue weighted by atomic mass is 32.2. The molecule has 1 aromatic rings. The van der Waals surface area contributed by atoms with Crippen LogP contribution in [0.3, 0.4) is 0 Å². The van der Waals surface area contributed by atoms with E-state index in [0.29, 0.717) is 22.7 Å². The van der Waals surface area contributed by atoms with E-state index in [0.717, 1.165) is 25.1 Å². The van der Waals surface area contributed by atoms with Gasteiger partial charge in [0.25, 0.3) is 5.91 Å². The number of aromatic nitrogens is 1. The molecule has 0 aliphatic heterocycles. The van der Waals surface area contributed by atoms with Gasteiger partial charge in [-0.3, -0.25) is 4.79 Å². The molecule has 110 valence electrons.